The number of ether oxygens (including phenoxy) is 1. The molecule has 0 aliphatic heterocycles. The van der Waals surface area contributed by atoms with E-state index in [2.05, 4.69) is 20.9 Å². The van der Waals surface area contributed by atoms with Crippen LogP contribution in [-0.2, 0) is 0 Å². The Kier molecular flexibility index (Phi) is 3.98. The summed E-state index contributed by atoms with van der Waals surface area (Å²) in [7, 11) is 0. The topological polar surface area (TPSA) is 59.4 Å². The number of rotatable bonds is 3. The van der Waals surface area contributed by atoms with Crippen molar-refractivity contribution >= 4 is 32.8 Å². The lowest BCUT2D eigenvalue weighted by molar-refractivity contribution is 0.0697. The van der Waals surface area contributed by atoms with Crippen molar-refractivity contribution in [3.63, 3.8) is 0 Å². The van der Waals surface area contributed by atoms with Crippen LogP contribution in [0.5, 0.6) is 5.88 Å². The minimum Gasteiger partial charge on any atom is -0.478 e. The number of aromatic carboxylic acids is 1. The standard InChI is InChI=1S/C17H14BrNO3/c1-10-15(17(20)21)13-9-11(18)7-8-14(13)19-16(10)22-12-5-3-2-4-6-12/h3,5-9H,2,4H2,1H3,(H,20,21). The molecule has 1 aliphatic carbocycles. The minimum absolute atomic E-state index is 0.224. The fourth-order valence-electron chi connectivity index (χ4n) is 2.46. The number of halogens is 1. The second kappa shape index (κ2) is 5.93. The molecule has 1 heterocycles. The number of fused-ring (bicyclic) bond motifs is 1. The average molecular weight is 360 g/mol. The zero-order chi connectivity index (χ0) is 15.7. The highest BCUT2D eigenvalue weighted by Crippen LogP contribution is 2.31. The van der Waals surface area contributed by atoms with Crippen LogP contribution in [0.3, 0.4) is 0 Å². The second-order valence-electron chi connectivity index (χ2n) is 5.07. The van der Waals surface area contributed by atoms with Crippen molar-refractivity contribution < 1.29 is 14.6 Å². The third kappa shape index (κ3) is 2.76. The quantitative estimate of drug-likeness (QED) is 0.868. The van der Waals surface area contributed by atoms with Gasteiger partial charge in [0.1, 0.15) is 5.76 Å². The van der Waals surface area contributed by atoms with Gasteiger partial charge in [0.15, 0.2) is 0 Å². The molecule has 0 spiro atoms. The Morgan fingerprint density at radius 1 is 1.36 bits per heavy atom. The van der Waals surface area contributed by atoms with E-state index in [-0.39, 0.29) is 5.56 Å². The molecule has 22 heavy (non-hydrogen) atoms. The monoisotopic (exact) mass is 359 g/mol. The highest BCUT2D eigenvalue weighted by Gasteiger charge is 2.19. The Morgan fingerprint density at radius 2 is 2.18 bits per heavy atom. The molecule has 0 unspecified atom stereocenters. The summed E-state index contributed by atoms with van der Waals surface area (Å²) in [5, 5.41) is 10.2. The lowest BCUT2D eigenvalue weighted by atomic mass is 10.0. The number of carboxylic acids is 1. The molecule has 0 saturated carbocycles. The van der Waals surface area contributed by atoms with Crippen molar-refractivity contribution in [3.05, 3.63) is 57.8 Å². The zero-order valence-electron chi connectivity index (χ0n) is 12.0. The molecule has 1 aromatic heterocycles. The Labute approximate surface area is 136 Å². The summed E-state index contributed by atoms with van der Waals surface area (Å²) in [6, 6.07) is 5.38. The Hall–Kier alpha value is -2.14. The van der Waals surface area contributed by atoms with E-state index in [0.717, 1.165) is 17.3 Å². The van der Waals surface area contributed by atoms with Crippen LogP contribution in [0.2, 0.25) is 0 Å². The second-order valence-corrected chi connectivity index (χ2v) is 5.99. The predicted octanol–water partition coefficient (Wildman–Crippen LogP) is 4.62. The average Bonchev–Trinajstić information content (AvgIpc) is 2.49. The highest BCUT2D eigenvalue weighted by molar-refractivity contribution is 9.10. The van der Waals surface area contributed by atoms with E-state index < -0.39 is 5.97 Å². The first-order valence-electron chi connectivity index (χ1n) is 6.94. The van der Waals surface area contributed by atoms with Crippen LogP contribution in [0.4, 0.5) is 0 Å². The van der Waals surface area contributed by atoms with Crippen LogP contribution in [0, 0.1) is 6.92 Å². The van der Waals surface area contributed by atoms with E-state index >= 15 is 0 Å². The zero-order valence-corrected chi connectivity index (χ0v) is 13.6. The fourth-order valence-corrected chi connectivity index (χ4v) is 2.82. The number of allylic oxidation sites excluding steroid dienone is 3. The lowest BCUT2D eigenvalue weighted by Gasteiger charge is -2.14. The molecule has 0 bridgehead atoms. The highest BCUT2D eigenvalue weighted by atomic mass is 79.9. The number of benzene rings is 1. The van der Waals surface area contributed by atoms with Gasteiger partial charge >= 0.3 is 5.97 Å². The summed E-state index contributed by atoms with van der Waals surface area (Å²) in [6.45, 7) is 1.72. The molecule has 2 aromatic rings. The summed E-state index contributed by atoms with van der Waals surface area (Å²) in [5.74, 6) is 0.0562. The van der Waals surface area contributed by atoms with Crippen LogP contribution >= 0.6 is 15.9 Å². The number of hydrogen-bond acceptors (Lipinski definition) is 3. The summed E-state index contributed by atoms with van der Waals surface area (Å²) < 4.78 is 6.62. The van der Waals surface area contributed by atoms with Gasteiger partial charge in [0.25, 0.3) is 0 Å². The smallest absolute Gasteiger partial charge is 0.336 e. The number of carbonyl (C=O) groups is 1. The van der Waals surface area contributed by atoms with E-state index in [1.54, 1.807) is 19.1 Å². The number of carboxylic acid groups (broad SMARTS) is 1. The van der Waals surface area contributed by atoms with Crippen molar-refractivity contribution in [2.24, 2.45) is 0 Å². The molecule has 5 heteroatoms. The minimum atomic E-state index is -0.985. The first kappa shape index (κ1) is 14.8. The van der Waals surface area contributed by atoms with E-state index in [4.69, 9.17) is 4.74 Å². The molecule has 0 saturated heterocycles. The Balaban J connectivity index is 2.17. The summed E-state index contributed by atoms with van der Waals surface area (Å²) >= 11 is 3.37. The van der Waals surface area contributed by atoms with Gasteiger partial charge in [-0.3, -0.25) is 0 Å². The van der Waals surface area contributed by atoms with Crippen LogP contribution in [0.1, 0.15) is 28.8 Å². The Morgan fingerprint density at radius 3 is 2.86 bits per heavy atom. The van der Waals surface area contributed by atoms with E-state index in [0.29, 0.717) is 28.1 Å². The number of aromatic nitrogens is 1. The van der Waals surface area contributed by atoms with Crippen LogP contribution in [0.15, 0.2) is 46.7 Å². The molecule has 1 aromatic carbocycles. The summed E-state index contributed by atoms with van der Waals surface area (Å²) in [5.41, 5.74) is 1.35. The summed E-state index contributed by atoms with van der Waals surface area (Å²) in [4.78, 5) is 16.1. The van der Waals surface area contributed by atoms with Crippen LogP contribution in [-0.4, -0.2) is 16.1 Å². The van der Waals surface area contributed by atoms with Gasteiger partial charge in [0, 0.05) is 15.4 Å². The molecule has 112 valence electrons. The molecule has 3 rings (SSSR count). The molecule has 0 fully saturated rings. The van der Waals surface area contributed by atoms with Gasteiger partial charge in [0.2, 0.25) is 5.88 Å². The number of nitrogens with zero attached hydrogens (tertiary/aromatic N) is 1. The molecule has 0 atom stereocenters. The largest absolute Gasteiger partial charge is 0.478 e. The van der Waals surface area contributed by atoms with Crippen molar-refractivity contribution in [3.8, 4) is 5.88 Å². The molecule has 0 amide bonds. The van der Waals surface area contributed by atoms with E-state index in [1.807, 2.05) is 24.3 Å². The normalized spacial score (nSPS) is 14.0. The van der Waals surface area contributed by atoms with E-state index in [9.17, 15) is 9.90 Å². The third-order valence-electron chi connectivity index (χ3n) is 3.54. The number of hydrogen-bond donors (Lipinski definition) is 1. The van der Waals surface area contributed by atoms with Crippen LogP contribution < -0.4 is 4.74 Å². The third-order valence-corrected chi connectivity index (χ3v) is 4.03. The maximum Gasteiger partial charge on any atom is 0.336 e. The van der Waals surface area contributed by atoms with Crippen molar-refractivity contribution in [2.75, 3.05) is 0 Å². The predicted molar refractivity (Wildman–Crippen MR) is 88.2 cm³/mol. The number of pyridine rings is 1. The molecule has 1 N–H and O–H groups in total. The molecular formula is C17H14BrNO3. The Bertz CT molecular complexity index is 824. The first-order chi connectivity index (χ1) is 10.6. The van der Waals surface area contributed by atoms with Gasteiger partial charge in [-0.05, 0) is 50.1 Å². The van der Waals surface area contributed by atoms with Crippen molar-refractivity contribution in [1.82, 2.24) is 4.98 Å². The molecule has 0 radical (unpaired) electrons. The molecular weight excluding hydrogens is 346 g/mol. The van der Waals surface area contributed by atoms with E-state index in [1.165, 1.54) is 0 Å². The molecule has 4 nitrogen and oxygen atoms in total. The van der Waals surface area contributed by atoms with Crippen molar-refractivity contribution in [1.29, 1.82) is 0 Å². The van der Waals surface area contributed by atoms with Crippen LogP contribution in [0.25, 0.3) is 10.9 Å². The maximum atomic E-state index is 11.7. The van der Waals surface area contributed by atoms with Gasteiger partial charge < -0.3 is 9.84 Å². The van der Waals surface area contributed by atoms with Crippen molar-refractivity contribution in [2.45, 2.75) is 19.8 Å². The lowest BCUT2D eigenvalue weighted by Crippen LogP contribution is -2.07. The van der Waals surface area contributed by atoms with Gasteiger partial charge in [0.05, 0.1) is 11.1 Å². The fraction of sp³-hybridized carbons (Fsp3) is 0.176. The molecule has 1 aliphatic rings. The maximum absolute atomic E-state index is 11.7. The van der Waals surface area contributed by atoms with Gasteiger partial charge in [-0.1, -0.05) is 22.0 Å². The summed E-state index contributed by atoms with van der Waals surface area (Å²) in [6.07, 6.45) is 7.80. The SMILES string of the molecule is Cc1c(OC2=CCCC=C2)nc2ccc(Br)cc2c1C(=O)O. The van der Waals surface area contributed by atoms with Gasteiger partial charge in [-0.2, -0.15) is 0 Å². The van der Waals surface area contributed by atoms with Gasteiger partial charge in [-0.25, -0.2) is 9.78 Å². The van der Waals surface area contributed by atoms with Gasteiger partial charge in [-0.15, -0.1) is 0 Å². The first-order valence-corrected chi connectivity index (χ1v) is 7.73.